The number of fused-ring (bicyclic) bond motifs is 1. The molecule has 1 aliphatic heterocycles. The number of nitrogens with one attached hydrogen (secondary N) is 1. The van der Waals surface area contributed by atoms with E-state index < -0.39 is 24.5 Å². The maximum atomic E-state index is 10.4. The smallest absolute Gasteiger partial charge is 0.167 e. The second-order valence-electron chi connectivity index (χ2n) is 6.53. The summed E-state index contributed by atoms with van der Waals surface area (Å²) in [6.07, 6.45) is 1.78. The fourth-order valence-electron chi connectivity index (χ4n) is 3.26. The summed E-state index contributed by atoms with van der Waals surface area (Å²) in [7, 11) is 0. The van der Waals surface area contributed by atoms with Crippen molar-refractivity contribution < 1.29 is 14.9 Å². The highest BCUT2D eigenvalue weighted by Gasteiger charge is 2.44. The first-order valence-corrected chi connectivity index (χ1v) is 11.2. The molecule has 8 nitrogen and oxygen atoms in total. The van der Waals surface area contributed by atoms with Crippen molar-refractivity contribution in [1.82, 2.24) is 19.5 Å². The number of benzene rings is 1. The average molecular weight is 513 g/mol. The van der Waals surface area contributed by atoms with Gasteiger partial charge in [0.1, 0.15) is 18.5 Å². The van der Waals surface area contributed by atoms with Gasteiger partial charge in [0.25, 0.3) is 0 Å². The summed E-state index contributed by atoms with van der Waals surface area (Å²) in [4.78, 5) is 13.0. The van der Waals surface area contributed by atoms with Gasteiger partial charge in [0.2, 0.25) is 0 Å². The number of aromatic nitrogens is 4. The van der Waals surface area contributed by atoms with E-state index in [0.29, 0.717) is 29.3 Å². The minimum Gasteiger partial charge on any atom is -0.387 e. The summed E-state index contributed by atoms with van der Waals surface area (Å²) in [5.74, 6) is 1.20. The van der Waals surface area contributed by atoms with Crippen molar-refractivity contribution in [3.8, 4) is 0 Å². The van der Waals surface area contributed by atoms with Gasteiger partial charge in [0, 0.05) is 15.9 Å². The molecular weight excluding hydrogens is 493 g/mol. The molecule has 0 bridgehead atoms. The Labute approximate surface area is 179 Å². The Bertz CT molecular complexity index is 971. The molecule has 3 N–H and O–H groups in total. The number of aliphatic hydroxyl groups excluding tert-OH is 2. The van der Waals surface area contributed by atoms with Gasteiger partial charge in [-0.15, -0.1) is 0 Å². The van der Waals surface area contributed by atoms with Gasteiger partial charge >= 0.3 is 0 Å². The number of halogens is 1. The van der Waals surface area contributed by atoms with Crippen molar-refractivity contribution in [3.05, 3.63) is 46.1 Å². The third-order valence-electron chi connectivity index (χ3n) is 4.65. The molecule has 1 saturated heterocycles. The molecule has 0 aliphatic carbocycles. The topological polar surface area (TPSA) is 105 Å². The molecule has 28 heavy (non-hydrogen) atoms. The van der Waals surface area contributed by atoms with Gasteiger partial charge in [-0.25, -0.2) is 15.0 Å². The highest BCUT2D eigenvalue weighted by molar-refractivity contribution is 14.1. The lowest BCUT2D eigenvalue weighted by Gasteiger charge is -2.16. The van der Waals surface area contributed by atoms with E-state index in [9.17, 15) is 10.2 Å². The summed E-state index contributed by atoms with van der Waals surface area (Å²) in [5.41, 5.74) is 2.27. The van der Waals surface area contributed by atoms with Gasteiger partial charge in [-0.3, -0.25) is 4.57 Å². The molecule has 1 aromatic carbocycles. The standard InChI is InChI=1S/C18H20IN5O3S/c1-28-7-12-14(25)15(26)18(27-12)24-9-23-13-16(21-8-22-17(13)24)20-6-10-3-2-4-11(19)5-10/h2-5,8-9,12,14-15,18,25-26H,6-7H2,1H3,(H,20,21,22). The molecule has 4 rings (SSSR count). The van der Waals surface area contributed by atoms with E-state index in [-0.39, 0.29) is 0 Å². The summed E-state index contributed by atoms with van der Waals surface area (Å²) in [5, 5.41) is 24.0. The number of hydrogen-bond acceptors (Lipinski definition) is 8. The summed E-state index contributed by atoms with van der Waals surface area (Å²) in [6, 6.07) is 8.20. The molecule has 4 atom stereocenters. The zero-order valence-corrected chi connectivity index (χ0v) is 18.0. The number of hydrogen-bond donors (Lipinski definition) is 3. The zero-order chi connectivity index (χ0) is 19.7. The monoisotopic (exact) mass is 513 g/mol. The molecule has 2 aromatic heterocycles. The molecule has 0 saturated carbocycles. The zero-order valence-electron chi connectivity index (χ0n) is 15.1. The van der Waals surface area contributed by atoms with Gasteiger partial charge < -0.3 is 20.3 Å². The van der Waals surface area contributed by atoms with Gasteiger partial charge in [-0.1, -0.05) is 12.1 Å². The first-order chi connectivity index (χ1) is 13.6. The Hall–Kier alpha value is -1.47. The molecule has 4 unspecified atom stereocenters. The molecule has 0 amide bonds. The quantitative estimate of drug-likeness (QED) is 0.431. The van der Waals surface area contributed by atoms with Crippen LogP contribution in [0.5, 0.6) is 0 Å². The predicted molar refractivity (Wildman–Crippen MR) is 116 cm³/mol. The van der Waals surface area contributed by atoms with Crippen LogP contribution < -0.4 is 5.32 Å². The van der Waals surface area contributed by atoms with Crippen molar-refractivity contribution in [2.75, 3.05) is 17.3 Å². The predicted octanol–water partition coefficient (Wildman–Crippen LogP) is 2.03. The lowest BCUT2D eigenvalue weighted by Crippen LogP contribution is -2.32. The summed E-state index contributed by atoms with van der Waals surface area (Å²) < 4.78 is 8.70. The largest absolute Gasteiger partial charge is 0.387 e. The van der Waals surface area contributed by atoms with E-state index in [1.165, 1.54) is 9.90 Å². The fraction of sp³-hybridized carbons (Fsp3) is 0.389. The van der Waals surface area contributed by atoms with Gasteiger partial charge in [0.15, 0.2) is 23.2 Å². The van der Waals surface area contributed by atoms with Crippen molar-refractivity contribution in [2.24, 2.45) is 0 Å². The van der Waals surface area contributed by atoms with Crippen LogP contribution in [-0.4, -0.2) is 60.1 Å². The van der Waals surface area contributed by atoms with Gasteiger partial charge in [0.05, 0.1) is 12.4 Å². The molecule has 0 radical (unpaired) electrons. The Morgan fingerprint density at radius 2 is 2.11 bits per heavy atom. The van der Waals surface area contributed by atoms with E-state index in [0.717, 1.165) is 5.56 Å². The molecule has 0 spiro atoms. The van der Waals surface area contributed by atoms with Crippen LogP contribution in [0.3, 0.4) is 0 Å². The highest BCUT2D eigenvalue weighted by Crippen LogP contribution is 2.33. The molecule has 3 heterocycles. The van der Waals surface area contributed by atoms with Crippen LogP contribution >= 0.6 is 34.4 Å². The second kappa shape index (κ2) is 8.49. The summed E-state index contributed by atoms with van der Waals surface area (Å²) in [6.45, 7) is 0.604. The number of rotatable bonds is 6. The van der Waals surface area contributed by atoms with Crippen LogP contribution in [0.25, 0.3) is 11.2 Å². The molecular formula is C18H20IN5O3S. The van der Waals surface area contributed by atoms with E-state index in [1.54, 1.807) is 22.7 Å². The van der Waals surface area contributed by atoms with E-state index in [2.05, 4.69) is 48.9 Å². The first kappa shape index (κ1) is 19.8. The number of anilines is 1. The van der Waals surface area contributed by atoms with Gasteiger partial charge in [-0.2, -0.15) is 11.8 Å². The number of imidazole rings is 1. The average Bonchev–Trinajstić information content (AvgIpc) is 3.23. The third kappa shape index (κ3) is 3.83. The van der Waals surface area contributed by atoms with Crippen molar-refractivity contribution in [2.45, 2.75) is 31.1 Å². The number of nitrogens with zero attached hydrogens (tertiary/aromatic N) is 4. The maximum absolute atomic E-state index is 10.4. The number of aliphatic hydroxyl groups is 2. The lowest BCUT2D eigenvalue weighted by molar-refractivity contribution is -0.0288. The van der Waals surface area contributed by atoms with E-state index >= 15 is 0 Å². The fourth-order valence-corrected chi connectivity index (χ4v) is 4.47. The normalized spacial score (nSPS) is 24.7. The third-order valence-corrected chi connectivity index (χ3v) is 5.98. The SMILES string of the molecule is CSCC1OC(n2cnc3c(NCc4cccc(I)c4)ncnc32)C(O)C1O. The van der Waals surface area contributed by atoms with E-state index in [1.807, 2.05) is 24.5 Å². The molecule has 3 aromatic rings. The minimum absolute atomic E-state index is 0.438. The van der Waals surface area contributed by atoms with Crippen molar-refractivity contribution >= 4 is 51.3 Å². The van der Waals surface area contributed by atoms with Crippen LogP contribution in [0.2, 0.25) is 0 Å². The Balaban J connectivity index is 1.58. The Morgan fingerprint density at radius 3 is 2.89 bits per heavy atom. The van der Waals surface area contributed by atoms with Crippen LogP contribution in [-0.2, 0) is 11.3 Å². The Morgan fingerprint density at radius 1 is 1.25 bits per heavy atom. The Kier molecular flexibility index (Phi) is 6.01. The van der Waals surface area contributed by atoms with Crippen molar-refractivity contribution in [1.29, 1.82) is 0 Å². The van der Waals surface area contributed by atoms with Crippen LogP contribution in [0.4, 0.5) is 5.82 Å². The number of thioether (sulfide) groups is 1. The molecule has 1 fully saturated rings. The molecule has 148 valence electrons. The maximum Gasteiger partial charge on any atom is 0.167 e. The first-order valence-electron chi connectivity index (χ1n) is 8.75. The van der Waals surface area contributed by atoms with E-state index in [4.69, 9.17) is 4.74 Å². The molecule has 1 aliphatic rings. The summed E-state index contributed by atoms with van der Waals surface area (Å²) >= 11 is 3.84. The number of ether oxygens (including phenoxy) is 1. The van der Waals surface area contributed by atoms with Crippen LogP contribution in [0, 0.1) is 3.57 Å². The lowest BCUT2D eigenvalue weighted by atomic mass is 10.1. The van der Waals surface area contributed by atoms with Crippen LogP contribution in [0.1, 0.15) is 11.8 Å². The van der Waals surface area contributed by atoms with Crippen molar-refractivity contribution in [3.63, 3.8) is 0 Å². The second-order valence-corrected chi connectivity index (χ2v) is 8.69. The highest BCUT2D eigenvalue weighted by atomic mass is 127. The molecule has 10 heteroatoms. The van der Waals surface area contributed by atoms with Gasteiger partial charge in [-0.05, 0) is 46.5 Å². The van der Waals surface area contributed by atoms with Crippen LogP contribution in [0.15, 0.2) is 36.9 Å². The minimum atomic E-state index is -1.05.